The second-order valence-corrected chi connectivity index (χ2v) is 5.61. The van der Waals surface area contributed by atoms with Crippen LogP contribution >= 0.6 is 15.9 Å². The average Bonchev–Trinajstić information content (AvgIpc) is 2.42. The average molecular weight is 337 g/mol. The molecule has 0 saturated heterocycles. The van der Waals surface area contributed by atoms with Crippen molar-refractivity contribution in [1.29, 1.82) is 0 Å². The van der Waals surface area contributed by atoms with Crippen molar-refractivity contribution >= 4 is 15.9 Å². The smallest absolute Gasteiger partial charge is 0.123 e. The molecule has 1 N–H and O–H groups in total. The Hall–Kier alpha value is -1.26. The first-order chi connectivity index (χ1) is 9.63. The number of pyridine rings is 1. The lowest BCUT2D eigenvalue weighted by Gasteiger charge is -2.21. The molecule has 0 radical (unpaired) electrons. The van der Waals surface area contributed by atoms with Crippen molar-refractivity contribution in [3.05, 3.63) is 63.6 Å². The molecule has 2 aromatic rings. The highest BCUT2D eigenvalue weighted by atomic mass is 79.9. The van der Waals surface area contributed by atoms with E-state index >= 15 is 0 Å². The van der Waals surface area contributed by atoms with Gasteiger partial charge in [-0.05, 0) is 71.2 Å². The maximum Gasteiger partial charge on any atom is 0.123 e. The topological polar surface area (TPSA) is 24.9 Å². The Labute approximate surface area is 127 Å². The highest BCUT2D eigenvalue weighted by Crippen LogP contribution is 2.29. The zero-order valence-electron chi connectivity index (χ0n) is 11.7. The predicted octanol–water partition coefficient (Wildman–Crippen LogP) is 4.38. The number of aromatic nitrogens is 1. The molecule has 2 nitrogen and oxygen atoms in total. The Morgan fingerprint density at radius 3 is 2.80 bits per heavy atom. The summed E-state index contributed by atoms with van der Waals surface area (Å²) in [4.78, 5) is 4.47. The van der Waals surface area contributed by atoms with Crippen LogP contribution in [0.2, 0.25) is 0 Å². The van der Waals surface area contributed by atoms with Crippen LogP contribution in [0, 0.1) is 12.7 Å². The molecule has 0 aliphatic carbocycles. The number of halogens is 2. The number of benzene rings is 1. The van der Waals surface area contributed by atoms with E-state index in [2.05, 4.69) is 33.2 Å². The summed E-state index contributed by atoms with van der Waals surface area (Å²) in [6.45, 7) is 4.93. The summed E-state index contributed by atoms with van der Waals surface area (Å²) in [6, 6.07) is 8.72. The van der Waals surface area contributed by atoms with Crippen LogP contribution in [0.5, 0.6) is 0 Å². The molecular formula is C16H18BrFN2. The lowest BCUT2D eigenvalue weighted by molar-refractivity contribution is 0.577. The van der Waals surface area contributed by atoms with Gasteiger partial charge in [0, 0.05) is 10.7 Å². The quantitative estimate of drug-likeness (QED) is 0.876. The van der Waals surface area contributed by atoms with Gasteiger partial charge in [-0.2, -0.15) is 0 Å². The molecule has 106 valence electrons. The Morgan fingerprint density at radius 2 is 2.15 bits per heavy atom. The number of aryl methyl sites for hydroxylation is 1. The van der Waals surface area contributed by atoms with Crippen LogP contribution in [0.15, 0.2) is 41.0 Å². The first-order valence-corrected chi connectivity index (χ1v) is 7.52. The van der Waals surface area contributed by atoms with Crippen molar-refractivity contribution in [1.82, 2.24) is 10.3 Å². The van der Waals surface area contributed by atoms with Crippen molar-refractivity contribution in [2.75, 3.05) is 6.54 Å². The van der Waals surface area contributed by atoms with Gasteiger partial charge in [0.05, 0.1) is 11.7 Å². The van der Waals surface area contributed by atoms with Crippen LogP contribution in [0.25, 0.3) is 0 Å². The summed E-state index contributed by atoms with van der Waals surface area (Å²) in [6.07, 6.45) is 2.81. The predicted molar refractivity (Wildman–Crippen MR) is 83.2 cm³/mol. The Kier molecular flexibility index (Phi) is 5.26. The van der Waals surface area contributed by atoms with Crippen LogP contribution < -0.4 is 5.32 Å². The first-order valence-electron chi connectivity index (χ1n) is 6.73. The van der Waals surface area contributed by atoms with Crippen molar-refractivity contribution in [2.24, 2.45) is 0 Å². The zero-order valence-corrected chi connectivity index (χ0v) is 13.2. The monoisotopic (exact) mass is 336 g/mol. The maximum atomic E-state index is 13.3. The van der Waals surface area contributed by atoms with E-state index in [0.717, 1.165) is 34.3 Å². The summed E-state index contributed by atoms with van der Waals surface area (Å²) in [5, 5.41) is 3.49. The van der Waals surface area contributed by atoms with E-state index in [1.807, 2.05) is 25.1 Å². The molecule has 1 unspecified atom stereocenters. The first kappa shape index (κ1) is 15.1. The Morgan fingerprint density at radius 1 is 1.35 bits per heavy atom. The van der Waals surface area contributed by atoms with Crippen molar-refractivity contribution in [2.45, 2.75) is 26.3 Å². The van der Waals surface area contributed by atoms with Gasteiger partial charge >= 0.3 is 0 Å². The van der Waals surface area contributed by atoms with Crippen LogP contribution in [-0.4, -0.2) is 11.5 Å². The molecule has 2 rings (SSSR count). The molecule has 20 heavy (non-hydrogen) atoms. The van der Waals surface area contributed by atoms with Crippen LogP contribution in [0.1, 0.15) is 36.2 Å². The fraction of sp³-hybridized carbons (Fsp3) is 0.312. The molecule has 1 aromatic heterocycles. The van der Waals surface area contributed by atoms with Crippen molar-refractivity contribution < 1.29 is 4.39 Å². The second-order valence-electron chi connectivity index (χ2n) is 4.76. The fourth-order valence-corrected chi connectivity index (χ4v) is 2.70. The van der Waals surface area contributed by atoms with Gasteiger partial charge in [0.25, 0.3) is 0 Å². The molecule has 1 atom stereocenters. The molecule has 1 aromatic carbocycles. The number of hydrogen-bond donors (Lipinski definition) is 1. The lowest BCUT2D eigenvalue weighted by Crippen LogP contribution is -2.25. The fourth-order valence-electron chi connectivity index (χ4n) is 2.22. The number of hydrogen-bond acceptors (Lipinski definition) is 2. The molecule has 0 amide bonds. The minimum atomic E-state index is -0.208. The SMILES string of the molecule is CCCNC(c1ccc(F)cc1C)c1ncccc1Br. The number of rotatable bonds is 5. The van der Waals surface area contributed by atoms with E-state index in [4.69, 9.17) is 0 Å². The summed E-state index contributed by atoms with van der Waals surface area (Å²) >= 11 is 3.55. The van der Waals surface area contributed by atoms with Crippen LogP contribution in [-0.2, 0) is 0 Å². The number of nitrogens with one attached hydrogen (secondary N) is 1. The van der Waals surface area contributed by atoms with Crippen LogP contribution in [0.3, 0.4) is 0 Å². The molecule has 4 heteroatoms. The normalized spacial score (nSPS) is 12.4. The lowest BCUT2D eigenvalue weighted by atomic mass is 9.98. The summed E-state index contributed by atoms with van der Waals surface area (Å²) in [5.74, 6) is -0.208. The van der Waals surface area contributed by atoms with Crippen molar-refractivity contribution in [3.8, 4) is 0 Å². The van der Waals surface area contributed by atoms with Gasteiger partial charge in [0.2, 0.25) is 0 Å². The van der Waals surface area contributed by atoms with E-state index in [1.54, 1.807) is 12.3 Å². The van der Waals surface area contributed by atoms with E-state index < -0.39 is 0 Å². The molecule has 0 bridgehead atoms. The molecule has 0 fully saturated rings. The van der Waals surface area contributed by atoms with Gasteiger partial charge in [-0.25, -0.2) is 4.39 Å². The summed E-state index contributed by atoms with van der Waals surface area (Å²) in [5.41, 5.74) is 2.91. The van der Waals surface area contributed by atoms with Gasteiger partial charge in [0.1, 0.15) is 5.82 Å². The Balaban J connectivity index is 2.44. The third-order valence-electron chi connectivity index (χ3n) is 3.20. The molecule has 0 aliphatic heterocycles. The highest BCUT2D eigenvalue weighted by molar-refractivity contribution is 9.10. The van der Waals surface area contributed by atoms with E-state index in [1.165, 1.54) is 6.07 Å². The third kappa shape index (κ3) is 3.44. The minimum absolute atomic E-state index is 0.0360. The van der Waals surface area contributed by atoms with E-state index in [-0.39, 0.29) is 11.9 Å². The third-order valence-corrected chi connectivity index (χ3v) is 3.87. The van der Waals surface area contributed by atoms with Gasteiger partial charge in [-0.3, -0.25) is 4.98 Å². The zero-order chi connectivity index (χ0) is 14.5. The summed E-state index contributed by atoms with van der Waals surface area (Å²) in [7, 11) is 0. The molecule has 1 heterocycles. The standard InChI is InChI=1S/C16H18BrFN2/c1-3-8-19-15(16-14(17)5-4-9-20-16)13-7-6-12(18)10-11(13)2/h4-7,9-10,15,19H,3,8H2,1-2H3. The van der Waals surface area contributed by atoms with Gasteiger partial charge in [-0.1, -0.05) is 13.0 Å². The molecule has 0 spiro atoms. The molecular weight excluding hydrogens is 319 g/mol. The van der Waals surface area contributed by atoms with E-state index in [9.17, 15) is 4.39 Å². The van der Waals surface area contributed by atoms with E-state index in [0.29, 0.717) is 0 Å². The van der Waals surface area contributed by atoms with Crippen LogP contribution in [0.4, 0.5) is 4.39 Å². The second kappa shape index (κ2) is 6.95. The summed E-state index contributed by atoms with van der Waals surface area (Å²) < 4.78 is 14.3. The largest absolute Gasteiger partial charge is 0.305 e. The van der Waals surface area contributed by atoms with Gasteiger partial charge in [0.15, 0.2) is 0 Å². The van der Waals surface area contributed by atoms with Gasteiger partial charge in [-0.15, -0.1) is 0 Å². The van der Waals surface area contributed by atoms with Gasteiger partial charge < -0.3 is 5.32 Å². The number of nitrogens with zero attached hydrogens (tertiary/aromatic N) is 1. The maximum absolute atomic E-state index is 13.3. The molecule has 0 saturated carbocycles. The van der Waals surface area contributed by atoms with Crippen molar-refractivity contribution in [3.63, 3.8) is 0 Å². The highest BCUT2D eigenvalue weighted by Gasteiger charge is 2.19. The Bertz CT molecular complexity index is 586. The minimum Gasteiger partial charge on any atom is -0.305 e. The molecule has 0 aliphatic rings.